The minimum atomic E-state index is -0.471. The van der Waals surface area contributed by atoms with Gasteiger partial charge in [-0.1, -0.05) is 12.1 Å². The van der Waals surface area contributed by atoms with Crippen LogP contribution in [-0.2, 0) is 0 Å². The van der Waals surface area contributed by atoms with Crippen LogP contribution in [0.15, 0.2) is 47.4 Å². The molecule has 0 fully saturated rings. The second-order valence-corrected chi connectivity index (χ2v) is 4.84. The molecule has 2 aromatic carbocycles. The average molecular weight is 273 g/mol. The quantitative estimate of drug-likeness (QED) is 0.591. The number of anilines is 3. The molecule has 5 heteroatoms. The molecule has 0 spiro atoms. The molecule has 1 amide bonds. The van der Waals surface area contributed by atoms with Crippen molar-refractivity contribution >= 4 is 34.7 Å². The van der Waals surface area contributed by atoms with Crippen molar-refractivity contribution in [2.24, 2.45) is 5.73 Å². The van der Waals surface area contributed by atoms with E-state index in [9.17, 15) is 4.79 Å². The van der Waals surface area contributed by atoms with E-state index >= 15 is 0 Å². The highest BCUT2D eigenvalue weighted by molar-refractivity contribution is 7.98. The summed E-state index contributed by atoms with van der Waals surface area (Å²) in [5.41, 5.74) is 13.8. The lowest BCUT2D eigenvalue weighted by molar-refractivity contribution is 0.100. The molecule has 2 aromatic rings. The van der Waals surface area contributed by atoms with Crippen LogP contribution in [0, 0.1) is 0 Å². The average Bonchev–Trinajstić information content (AvgIpc) is 2.41. The molecule has 0 heterocycles. The molecule has 0 aliphatic heterocycles. The normalized spacial score (nSPS) is 10.2. The fourth-order valence-electron chi connectivity index (χ4n) is 1.71. The zero-order valence-electron chi connectivity index (χ0n) is 10.5. The number of carbonyl (C=O) groups excluding carboxylic acids is 1. The fourth-order valence-corrected chi connectivity index (χ4v) is 2.26. The molecule has 5 N–H and O–H groups in total. The number of primary amides is 1. The zero-order valence-corrected chi connectivity index (χ0v) is 11.3. The van der Waals surface area contributed by atoms with Crippen molar-refractivity contribution in [2.75, 3.05) is 17.3 Å². The van der Waals surface area contributed by atoms with Crippen molar-refractivity contribution in [1.82, 2.24) is 0 Å². The number of amides is 1. The predicted molar refractivity (Wildman–Crippen MR) is 80.9 cm³/mol. The largest absolute Gasteiger partial charge is 0.397 e. The molecule has 4 nitrogen and oxygen atoms in total. The zero-order chi connectivity index (χ0) is 13.8. The maximum absolute atomic E-state index is 11.2. The van der Waals surface area contributed by atoms with Crippen LogP contribution in [0.5, 0.6) is 0 Å². The van der Waals surface area contributed by atoms with Crippen LogP contribution in [0.1, 0.15) is 10.4 Å². The van der Waals surface area contributed by atoms with Crippen LogP contribution in [0.4, 0.5) is 17.1 Å². The number of nitrogens with one attached hydrogen (secondary N) is 1. The Balaban J connectivity index is 2.37. The summed E-state index contributed by atoms with van der Waals surface area (Å²) in [7, 11) is 0. The van der Waals surface area contributed by atoms with Crippen LogP contribution in [0.2, 0.25) is 0 Å². The maximum atomic E-state index is 11.2. The summed E-state index contributed by atoms with van der Waals surface area (Å²) in [5.74, 6) is -0.471. The molecule has 98 valence electrons. The van der Waals surface area contributed by atoms with Gasteiger partial charge in [-0.25, -0.2) is 0 Å². The number of thioether (sulfide) groups is 1. The number of hydrogen-bond donors (Lipinski definition) is 3. The van der Waals surface area contributed by atoms with Crippen LogP contribution in [0.3, 0.4) is 0 Å². The lowest BCUT2D eigenvalue weighted by Gasteiger charge is -2.13. The summed E-state index contributed by atoms with van der Waals surface area (Å²) >= 11 is 1.64. The third-order valence-corrected chi connectivity index (χ3v) is 3.51. The topological polar surface area (TPSA) is 81.1 Å². The van der Waals surface area contributed by atoms with E-state index in [1.165, 1.54) is 0 Å². The summed E-state index contributed by atoms with van der Waals surface area (Å²) in [6.45, 7) is 0. The van der Waals surface area contributed by atoms with Gasteiger partial charge in [0.1, 0.15) is 0 Å². The molecule has 0 atom stereocenters. The van der Waals surface area contributed by atoms with E-state index in [0.717, 1.165) is 10.6 Å². The molecule has 0 radical (unpaired) electrons. The van der Waals surface area contributed by atoms with Crippen molar-refractivity contribution in [3.63, 3.8) is 0 Å². The first-order chi connectivity index (χ1) is 9.11. The molecule has 0 aromatic heterocycles. The highest BCUT2D eigenvalue weighted by Gasteiger charge is 2.07. The fraction of sp³-hybridized carbons (Fsp3) is 0.0714. The summed E-state index contributed by atoms with van der Waals surface area (Å²) in [5, 5.41) is 3.23. The van der Waals surface area contributed by atoms with Crippen LogP contribution >= 0.6 is 11.8 Å². The van der Waals surface area contributed by atoms with Gasteiger partial charge in [-0.3, -0.25) is 4.79 Å². The van der Waals surface area contributed by atoms with Gasteiger partial charge in [0.25, 0.3) is 0 Å². The molecule has 2 rings (SSSR count). The van der Waals surface area contributed by atoms with Crippen molar-refractivity contribution < 1.29 is 4.79 Å². The Morgan fingerprint density at radius 2 is 1.89 bits per heavy atom. The first kappa shape index (κ1) is 13.3. The summed E-state index contributed by atoms with van der Waals surface area (Å²) in [6, 6.07) is 12.8. The third-order valence-electron chi connectivity index (χ3n) is 2.71. The Bertz CT molecular complexity index is 613. The van der Waals surface area contributed by atoms with Gasteiger partial charge in [0, 0.05) is 10.5 Å². The minimum Gasteiger partial charge on any atom is -0.397 e. The second-order valence-electron chi connectivity index (χ2n) is 3.99. The Morgan fingerprint density at radius 1 is 1.16 bits per heavy atom. The van der Waals surface area contributed by atoms with E-state index in [4.69, 9.17) is 11.5 Å². The van der Waals surface area contributed by atoms with Crippen molar-refractivity contribution in [3.05, 3.63) is 48.0 Å². The van der Waals surface area contributed by atoms with Gasteiger partial charge >= 0.3 is 0 Å². The van der Waals surface area contributed by atoms with E-state index in [-0.39, 0.29) is 0 Å². The minimum absolute atomic E-state index is 0.429. The van der Waals surface area contributed by atoms with Crippen LogP contribution in [-0.4, -0.2) is 12.2 Å². The number of carbonyl (C=O) groups is 1. The van der Waals surface area contributed by atoms with Crippen molar-refractivity contribution in [3.8, 4) is 0 Å². The van der Waals surface area contributed by atoms with Crippen molar-refractivity contribution in [1.29, 1.82) is 0 Å². The molecule has 0 aliphatic carbocycles. The number of nitrogens with two attached hydrogens (primary N) is 2. The standard InChI is InChI=1S/C14H15N3OS/c1-19-13-5-3-2-4-11(13)17-12-8-9(14(16)18)6-7-10(12)15/h2-8,17H,15H2,1H3,(H2,16,18). The Kier molecular flexibility index (Phi) is 3.97. The van der Waals surface area contributed by atoms with Crippen LogP contribution < -0.4 is 16.8 Å². The second kappa shape index (κ2) is 5.67. The molecule has 0 saturated carbocycles. The maximum Gasteiger partial charge on any atom is 0.248 e. The lowest BCUT2D eigenvalue weighted by atomic mass is 10.1. The Labute approximate surface area is 116 Å². The summed E-state index contributed by atoms with van der Waals surface area (Å²) in [4.78, 5) is 12.3. The Morgan fingerprint density at radius 3 is 2.58 bits per heavy atom. The predicted octanol–water partition coefficient (Wildman–Crippen LogP) is 2.83. The Hall–Kier alpha value is -2.14. The molecule has 0 saturated heterocycles. The molecule has 0 unspecified atom stereocenters. The van der Waals surface area contributed by atoms with E-state index in [1.54, 1.807) is 30.0 Å². The molecule has 0 bridgehead atoms. The van der Waals surface area contributed by atoms with E-state index in [1.807, 2.05) is 30.5 Å². The smallest absolute Gasteiger partial charge is 0.248 e. The molecular weight excluding hydrogens is 258 g/mol. The van der Waals surface area contributed by atoms with Crippen molar-refractivity contribution in [2.45, 2.75) is 4.90 Å². The SMILES string of the molecule is CSc1ccccc1Nc1cc(C(N)=O)ccc1N. The molecular formula is C14H15N3OS. The monoisotopic (exact) mass is 273 g/mol. The first-order valence-electron chi connectivity index (χ1n) is 5.71. The van der Waals surface area contributed by atoms with Gasteiger partial charge in [0.15, 0.2) is 0 Å². The molecule has 19 heavy (non-hydrogen) atoms. The highest BCUT2D eigenvalue weighted by Crippen LogP contribution is 2.30. The van der Waals surface area contributed by atoms with Crippen LogP contribution in [0.25, 0.3) is 0 Å². The van der Waals surface area contributed by atoms with E-state index < -0.39 is 5.91 Å². The molecule has 0 aliphatic rings. The number of hydrogen-bond acceptors (Lipinski definition) is 4. The summed E-state index contributed by atoms with van der Waals surface area (Å²) < 4.78 is 0. The number of benzene rings is 2. The van der Waals surface area contributed by atoms with E-state index in [2.05, 4.69) is 5.32 Å². The number of nitrogen functional groups attached to an aromatic ring is 1. The van der Waals surface area contributed by atoms with Gasteiger partial charge in [0.2, 0.25) is 5.91 Å². The summed E-state index contributed by atoms with van der Waals surface area (Å²) in [6.07, 6.45) is 2.00. The first-order valence-corrected chi connectivity index (χ1v) is 6.93. The number of rotatable bonds is 4. The van der Waals surface area contributed by atoms with Gasteiger partial charge < -0.3 is 16.8 Å². The highest BCUT2D eigenvalue weighted by atomic mass is 32.2. The van der Waals surface area contributed by atoms with E-state index in [0.29, 0.717) is 16.9 Å². The van der Waals surface area contributed by atoms with Gasteiger partial charge in [0.05, 0.1) is 17.1 Å². The lowest BCUT2D eigenvalue weighted by Crippen LogP contribution is -2.11. The van der Waals surface area contributed by atoms with Gasteiger partial charge in [-0.2, -0.15) is 0 Å². The van der Waals surface area contributed by atoms with Gasteiger partial charge in [-0.15, -0.1) is 11.8 Å². The third kappa shape index (κ3) is 3.00. The van der Waals surface area contributed by atoms with Gasteiger partial charge in [-0.05, 0) is 36.6 Å². The number of para-hydroxylation sites is 1.